The van der Waals surface area contributed by atoms with E-state index in [0.29, 0.717) is 17.5 Å². The second-order valence-electron chi connectivity index (χ2n) is 11.9. The molecule has 0 fully saturated rings. The van der Waals surface area contributed by atoms with Gasteiger partial charge in [0.25, 0.3) is 0 Å². The predicted octanol–water partition coefficient (Wildman–Crippen LogP) is 10.9. The molecule has 224 valence electrons. The first-order valence-corrected chi connectivity index (χ1v) is 16.7. The Morgan fingerprint density at radius 1 is 0.417 bits per heavy atom. The van der Waals surface area contributed by atoms with Gasteiger partial charge >= 0.3 is 0 Å². The van der Waals surface area contributed by atoms with Crippen LogP contribution in [0.5, 0.6) is 0 Å². The predicted molar refractivity (Wildman–Crippen MR) is 198 cm³/mol. The molecule has 10 aromatic rings. The van der Waals surface area contributed by atoms with E-state index in [4.69, 9.17) is 19.9 Å². The number of rotatable bonds is 4. The molecule has 0 aliphatic heterocycles. The Morgan fingerprint density at radius 2 is 0.958 bits per heavy atom. The maximum absolute atomic E-state index is 5.06. The fraction of sp³-hybridized carbons (Fsp3) is 0. The van der Waals surface area contributed by atoms with Crippen LogP contribution in [-0.4, -0.2) is 24.3 Å². The van der Waals surface area contributed by atoms with E-state index in [-0.39, 0.29) is 0 Å². The van der Waals surface area contributed by atoms with Crippen LogP contribution in [0.4, 0.5) is 0 Å². The van der Waals surface area contributed by atoms with Crippen LogP contribution in [-0.2, 0) is 0 Å². The van der Waals surface area contributed by atoms with Crippen LogP contribution in [0, 0.1) is 0 Å². The number of para-hydroxylation sites is 2. The molecule has 0 N–H and O–H groups in total. The maximum Gasteiger partial charge on any atom is 0.164 e. The van der Waals surface area contributed by atoms with Crippen LogP contribution in [0.15, 0.2) is 152 Å². The zero-order chi connectivity index (χ0) is 31.6. The number of hydrogen-bond donors (Lipinski definition) is 0. The summed E-state index contributed by atoms with van der Waals surface area (Å²) in [6.07, 6.45) is 0. The highest BCUT2D eigenvalue weighted by Gasteiger charge is 2.18. The van der Waals surface area contributed by atoms with Gasteiger partial charge in [-0.15, -0.1) is 11.3 Å². The maximum atomic E-state index is 5.06. The monoisotopic (exact) mass is 631 g/mol. The van der Waals surface area contributed by atoms with E-state index >= 15 is 0 Å². The number of imidazole rings is 1. The number of aromatic nitrogens is 5. The van der Waals surface area contributed by atoms with E-state index < -0.39 is 0 Å². The Morgan fingerprint density at radius 3 is 1.65 bits per heavy atom. The van der Waals surface area contributed by atoms with Gasteiger partial charge in [-0.05, 0) is 40.8 Å². The third kappa shape index (κ3) is 4.24. The van der Waals surface area contributed by atoms with Gasteiger partial charge in [-0.1, -0.05) is 127 Å². The van der Waals surface area contributed by atoms with Gasteiger partial charge in [-0.2, -0.15) is 0 Å². The molecule has 0 amide bonds. The molecular formula is C42H25N5S. The fourth-order valence-electron chi connectivity index (χ4n) is 6.74. The first-order chi connectivity index (χ1) is 23.8. The van der Waals surface area contributed by atoms with Gasteiger partial charge in [0, 0.05) is 37.5 Å². The van der Waals surface area contributed by atoms with Gasteiger partial charge in [-0.3, -0.25) is 4.40 Å². The third-order valence-electron chi connectivity index (χ3n) is 9.05. The Labute approximate surface area is 279 Å². The second kappa shape index (κ2) is 10.7. The lowest BCUT2D eigenvalue weighted by atomic mass is 10.00. The number of fused-ring (bicyclic) bond motifs is 10. The SMILES string of the molecule is c1ccc(-c2nc(-c3ccccc3)nc(-c3ccc(-c4ccc5sc6c(c5c4)c4ccccc4c4nc5ccccc5n46)cc3)n2)cc1. The van der Waals surface area contributed by atoms with E-state index in [1.165, 1.54) is 31.3 Å². The standard InChI is InChI=1S/C42H25N5S/c1-3-11-27(12-4-1)38-44-39(28-13-5-2-6-14-28)46-40(45-38)29-21-19-26(20-22-29)30-23-24-36-33(25-30)37-31-15-7-8-16-32(31)41-43-34-17-9-10-18-35(34)47(41)42(37)48-36/h1-25H. The van der Waals surface area contributed by atoms with E-state index in [2.05, 4.69) is 95.4 Å². The van der Waals surface area contributed by atoms with Crippen LogP contribution < -0.4 is 0 Å². The number of hydrogen-bond acceptors (Lipinski definition) is 5. The van der Waals surface area contributed by atoms with Gasteiger partial charge < -0.3 is 0 Å². The van der Waals surface area contributed by atoms with Crippen molar-refractivity contribution >= 4 is 59.1 Å². The van der Waals surface area contributed by atoms with Crippen molar-refractivity contribution in [3.8, 4) is 45.3 Å². The first kappa shape index (κ1) is 26.9. The average molecular weight is 632 g/mol. The molecule has 0 saturated carbocycles. The van der Waals surface area contributed by atoms with Crippen molar-refractivity contribution in [2.24, 2.45) is 0 Å². The Hall–Kier alpha value is -6.24. The third-order valence-corrected chi connectivity index (χ3v) is 10.2. The topological polar surface area (TPSA) is 56.0 Å². The summed E-state index contributed by atoms with van der Waals surface area (Å²) in [6.45, 7) is 0. The summed E-state index contributed by atoms with van der Waals surface area (Å²) >= 11 is 1.83. The number of nitrogens with zero attached hydrogens (tertiary/aromatic N) is 5. The van der Waals surface area contributed by atoms with E-state index in [9.17, 15) is 0 Å². The lowest BCUT2D eigenvalue weighted by Crippen LogP contribution is -2.00. The molecule has 10 rings (SSSR count). The van der Waals surface area contributed by atoms with Crippen molar-refractivity contribution < 1.29 is 0 Å². The lowest BCUT2D eigenvalue weighted by Gasteiger charge is -2.09. The summed E-state index contributed by atoms with van der Waals surface area (Å²) in [5.41, 5.74) is 8.31. The summed E-state index contributed by atoms with van der Waals surface area (Å²) in [5, 5.41) is 4.92. The van der Waals surface area contributed by atoms with Crippen LogP contribution in [0.1, 0.15) is 0 Å². The van der Waals surface area contributed by atoms with E-state index in [0.717, 1.165) is 44.3 Å². The zero-order valence-electron chi connectivity index (χ0n) is 25.6. The van der Waals surface area contributed by atoms with Crippen LogP contribution in [0.3, 0.4) is 0 Å². The van der Waals surface area contributed by atoms with Gasteiger partial charge in [-0.25, -0.2) is 19.9 Å². The van der Waals surface area contributed by atoms with Gasteiger partial charge in [0.15, 0.2) is 17.5 Å². The second-order valence-corrected chi connectivity index (χ2v) is 12.9. The minimum atomic E-state index is 0.650. The quantitative estimate of drug-likeness (QED) is 0.194. The molecule has 5 nitrogen and oxygen atoms in total. The molecule has 6 aromatic carbocycles. The average Bonchev–Trinajstić information content (AvgIpc) is 3.75. The Bertz CT molecular complexity index is 2760. The fourth-order valence-corrected chi connectivity index (χ4v) is 7.95. The largest absolute Gasteiger partial charge is 0.283 e. The summed E-state index contributed by atoms with van der Waals surface area (Å²) < 4.78 is 3.60. The summed E-state index contributed by atoms with van der Waals surface area (Å²) in [4.78, 5) is 20.9. The minimum Gasteiger partial charge on any atom is -0.283 e. The highest BCUT2D eigenvalue weighted by atomic mass is 32.1. The number of thiophene rings is 1. The number of pyridine rings is 1. The molecule has 0 radical (unpaired) electrons. The molecule has 0 spiro atoms. The van der Waals surface area contributed by atoms with Gasteiger partial charge in [0.05, 0.1) is 11.0 Å². The molecule has 4 heterocycles. The highest BCUT2D eigenvalue weighted by molar-refractivity contribution is 7.25. The van der Waals surface area contributed by atoms with Crippen molar-refractivity contribution in [2.45, 2.75) is 0 Å². The van der Waals surface area contributed by atoms with Crippen LogP contribution in [0.2, 0.25) is 0 Å². The molecule has 0 aliphatic rings. The van der Waals surface area contributed by atoms with Crippen LogP contribution in [0.25, 0.3) is 93.0 Å². The molecular weight excluding hydrogens is 607 g/mol. The van der Waals surface area contributed by atoms with Crippen molar-refractivity contribution in [3.05, 3.63) is 152 Å². The summed E-state index contributed by atoms with van der Waals surface area (Å²) in [5.74, 6) is 1.97. The first-order valence-electron chi connectivity index (χ1n) is 15.9. The van der Waals surface area contributed by atoms with Crippen molar-refractivity contribution in [3.63, 3.8) is 0 Å². The molecule has 6 heteroatoms. The van der Waals surface area contributed by atoms with Crippen LogP contribution >= 0.6 is 11.3 Å². The Kier molecular flexibility index (Phi) is 5.98. The van der Waals surface area contributed by atoms with Crippen molar-refractivity contribution in [1.82, 2.24) is 24.3 Å². The molecule has 0 atom stereocenters. The van der Waals surface area contributed by atoms with Crippen molar-refractivity contribution in [1.29, 1.82) is 0 Å². The highest BCUT2D eigenvalue weighted by Crippen LogP contribution is 2.42. The molecule has 4 aromatic heterocycles. The van der Waals surface area contributed by atoms with E-state index in [1.54, 1.807) is 0 Å². The molecule has 0 saturated heterocycles. The number of benzene rings is 6. The van der Waals surface area contributed by atoms with Crippen molar-refractivity contribution in [2.75, 3.05) is 0 Å². The smallest absolute Gasteiger partial charge is 0.164 e. The van der Waals surface area contributed by atoms with Gasteiger partial charge in [0.1, 0.15) is 10.5 Å². The van der Waals surface area contributed by atoms with E-state index in [1.807, 2.05) is 72.0 Å². The summed E-state index contributed by atoms with van der Waals surface area (Å²) in [7, 11) is 0. The summed E-state index contributed by atoms with van der Waals surface area (Å²) in [6, 6.07) is 52.6. The Balaban J connectivity index is 1.11. The normalized spacial score (nSPS) is 11.8. The lowest BCUT2D eigenvalue weighted by molar-refractivity contribution is 1.07. The zero-order valence-corrected chi connectivity index (χ0v) is 26.4. The molecule has 0 unspecified atom stereocenters. The molecule has 0 bridgehead atoms. The minimum absolute atomic E-state index is 0.650. The van der Waals surface area contributed by atoms with Gasteiger partial charge in [0.2, 0.25) is 0 Å². The molecule has 0 aliphatic carbocycles. The molecule has 48 heavy (non-hydrogen) atoms.